The van der Waals surface area contributed by atoms with Gasteiger partial charge < -0.3 is 14.7 Å². The molecule has 154 valence electrons. The van der Waals surface area contributed by atoms with Gasteiger partial charge in [0.1, 0.15) is 0 Å². The van der Waals surface area contributed by atoms with E-state index in [1.165, 1.54) is 13.0 Å². The predicted molar refractivity (Wildman–Crippen MR) is 101 cm³/mol. The second-order valence-electron chi connectivity index (χ2n) is 7.01. The van der Waals surface area contributed by atoms with Crippen molar-refractivity contribution in [2.75, 3.05) is 31.2 Å². The van der Waals surface area contributed by atoms with Crippen molar-refractivity contribution >= 4 is 11.5 Å². The van der Waals surface area contributed by atoms with Crippen LogP contribution in [0.5, 0.6) is 0 Å². The number of aliphatic hydroxyl groups is 1. The number of rotatable bonds is 4. The number of anilines is 1. The maximum Gasteiger partial charge on any atom is 0.416 e. The van der Waals surface area contributed by atoms with Crippen LogP contribution in [0.2, 0.25) is 0 Å². The minimum absolute atomic E-state index is 0.177. The summed E-state index contributed by atoms with van der Waals surface area (Å²) in [5, 5.41) is 9.76. The first-order valence-corrected chi connectivity index (χ1v) is 9.33. The molecule has 9 heteroatoms. The quantitative estimate of drug-likeness (QED) is 0.722. The molecule has 2 aromatic heterocycles. The van der Waals surface area contributed by atoms with Crippen molar-refractivity contribution in [1.82, 2.24) is 14.4 Å². The Morgan fingerprint density at radius 1 is 1.21 bits per heavy atom. The number of fused-ring (bicyclic) bond motifs is 1. The zero-order chi connectivity index (χ0) is 20.6. The van der Waals surface area contributed by atoms with Gasteiger partial charge >= 0.3 is 6.18 Å². The maximum absolute atomic E-state index is 13.3. The largest absolute Gasteiger partial charge is 0.416 e. The molecule has 0 amide bonds. The molecule has 1 aliphatic heterocycles. The molecule has 0 saturated carbocycles. The lowest BCUT2D eigenvalue weighted by molar-refractivity contribution is -0.138. The molecule has 1 saturated heterocycles. The minimum Gasteiger partial charge on any atom is -0.390 e. The number of aromatic nitrogens is 3. The summed E-state index contributed by atoms with van der Waals surface area (Å²) in [6.45, 7) is 3.87. The number of hydrogen-bond donors (Lipinski definition) is 1. The van der Waals surface area contributed by atoms with Crippen molar-refractivity contribution in [1.29, 1.82) is 0 Å². The third-order valence-electron chi connectivity index (χ3n) is 5.28. The molecule has 0 unspecified atom stereocenters. The number of hydrogen-bond acceptors (Lipinski definition) is 5. The number of halogens is 3. The molecule has 4 rings (SSSR count). The molecule has 0 radical (unpaired) electrons. The summed E-state index contributed by atoms with van der Waals surface area (Å²) < 4.78 is 47.0. The second-order valence-corrected chi connectivity index (χ2v) is 7.01. The molecular weight excluding hydrogens is 385 g/mol. The zero-order valence-corrected chi connectivity index (χ0v) is 15.9. The highest BCUT2D eigenvalue weighted by atomic mass is 19.4. The van der Waals surface area contributed by atoms with E-state index in [0.717, 1.165) is 24.8 Å². The summed E-state index contributed by atoms with van der Waals surface area (Å²) in [6.07, 6.45) is -0.613. The van der Waals surface area contributed by atoms with E-state index in [-0.39, 0.29) is 18.6 Å². The van der Waals surface area contributed by atoms with Gasteiger partial charge in [-0.15, -0.1) is 0 Å². The molecule has 1 aliphatic rings. The van der Waals surface area contributed by atoms with Crippen LogP contribution in [0.3, 0.4) is 0 Å². The first-order valence-electron chi connectivity index (χ1n) is 9.33. The topological polar surface area (TPSA) is 62.9 Å². The maximum atomic E-state index is 13.3. The summed E-state index contributed by atoms with van der Waals surface area (Å²) in [6, 6.07) is 4.16. The van der Waals surface area contributed by atoms with Crippen LogP contribution < -0.4 is 4.90 Å². The predicted octanol–water partition coefficient (Wildman–Crippen LogP) is 2.98. The SMILES string of the molecule is Cc1c(Cc2c(CO)nc3ncc(N4CCOCC4)cn23)cccc1C(F)(F)F. The van der Waals surface area contributed by atoms with E-state index in [4.69, 9.17) is 4.74 Å². The number of aliphatic hydroxyl groups excluding tert-OH is 1. The number of alkyl halides is 3. The van der Waals surface area contributed by atoms with E-state index in [1.807, 2.05) is 6.20 Å². The van der Waals surface area contributed by atoms with Crippen molar-refractivity contribution in [3.05, 3.63) is 58.7 Å². The molecule has 29 heavy (non-hydrogen) atoms. The van der Waals surface area contributed by atoms with Gasteiger partial charge in [0.2, 0.25) is 5.78 Å². The van der Waals surface area contributed by atoms with Crippen LogP contribution in [0.1, 0.15) is 28.1 Å². The zero-order valence-electron chi connectivity index (χ0n) is 15.9. The molecule has 6 nitrogen and oxygen atoms in total. The smallest absolute Gasteiger partial charge is 0.390 e. The van der Waals surface area contributed by atoms with Gasteiger partial charge in [0, 0.05) is 25.7 Å². The summed E-state index contributed by atoms with van der Waals surface area (Å²) in [4.78, 5) is 10.9. The Labute approximate surface area is 165 Å². The second kappa shape index (κ2) is 7.64. The Morgan fingerprint density at radius 3 is 2.66 bits per heavy atom. The first-order chi connectivity index (χ1) is 13.9. The lowest BCUT2D eigenvalue weighted by Gasteiger charge is -2.28. The van der Waals surface area contributed by atoms with Gasteiger partial charge in [0.05, 0.1) is 48.7 Å². The van der Waals surface area contributed by atoms with Crippen LogP contribution >= 0.6 is 0 Å². The summed E-state index contributed by atoms with van der Waals surface area (Å²) >= 11 is 0. The van der Waals surface area contributed by atoms with Gasteiger partial charge in [0.25, 0.3) is 0 Å². The Hall–Kier alpha value is -2.65. The van der Waals surface area contributed by atoms with E-state index in [9.17, 15) is 18.3 Å². The minimum atomic E-state index is -4.41. The Kier molecular flexibility index (Phi) is 5.18. The van der Waals surface area contributed by atoms with Crippen molar-refractivity contribution in [2.45, 2.75) is 26.1 Å². The highest BCUT2D eigenvalue weighted by Crippen LogP contribution is 2.34. The van der Waals surface area contributed by atoms with Gasteiger partial charge in [0.15, 0.2) is 0 Å². The molecule has 3 heterocycles. The Bertz CT molecular complexity index is 1030. The Morgan fingerprint density at radius 2 is 1.97 bits per heavy atom. The highest BCUT2D eigenvalue weighted by Gasteiger charge is 2.33. The number of nitrogens with zero attached hydrogens (tertiary/aromatic N) is 4. The standard InChI is InChI=1S/C20H21F3N4O2/c1-13-14(3-2-4-16(13)20(21,22)23)9-18-17(12-28)25-19-24-10-15(11-27(18)19)26-5-7-29-8-6-26/h2-4,10-11,28H,5-9,12H2,1H3. The average molecular weight is 406 g/mol. The fourth-order valence-electron chi connectivity index (χ4n) is 3.68. The van der Waals surface area contributed by atoms with Crippen LogP contribution in [0.15, 0.2) is 30.6 Å². The molecule has 1 N–H and O–H groups in total. The molecule has 0 spiro atoms. The number of morpholine rings is 1. The molecule has 3 aromatic rings. The van der Waals surface area contributed by atoms with Crippen molar-refractivity contribution in [3.63, 3.8) is 0 Å². The summed E-state index contributed by atoms with van der Waals surface area (Å²) in [5.41, 5.74) is 1.98. The number of ether oxygens (including phenoxy) is 1. The Balaban J connectivity index is 1.76. The van der Waals surface area contributed by atoms with Crippen LogP contribution in [0.4, 0.5) is 18.9 Å². The van der Waals surface area contributed by atoms with E-state index < -0.39 is 11.7 Å². The van der Waals surface area contributed by atoms with Gasteiger partial charge in [-0.1, -0.05) is 12.1 Å². The van der Waals surface area contributed by atoms with Crippen LogP contribution in [0, 0.1) is 6.92 Å². The third kappa shape index (κ3) is 3.79. The summed E-state index contributed by atoms with van der Waals surface area (Å²) in [7, 11) is 0. The number of imidazole rings is 1. The molecule has 0 aliphatic carbocycles. The lowest BCUT2D eigenvalue weighted by Crippen LogP contribution is -2.36. The molecule has 0 atom stereocenters. The number of benzene rings is 1. The molecule has 1 fully saturated rings. The molecular formula is C20H21F3N4O2. The van der Waals surface area contributed by atoms with E-state index in [2.05, 4.69) is 14.9 Å². The van der Waals surface area contributed by atoms with Gasteiger partial charge in [-0.3, -0.25) is 4.40 Å². The van der Waals surface area contributed by atoms with E-state index in [0.29, 0.717) is 35.9 Å². The van der Waals surface area contributed by atoms with E-state index >= 15 is 0 Å². The molecule has 1 aromatic carbocycles. The lowest BCUT2D eigenvalue weighted by atomic mass is 9.98. The van der Waals surface area contributed by atoms with Gasteiger partial charge in [-0.2, -0.15) is 13.2 Å². The highest BCUT2D eigenvalue weighted by molar-refractivity contribution is 5.49. The van der Waals surface area contributed by atoms with Crippen molar-refractivity contribution in [3.8, 4) is 0 Å². The average Bonchev–Trinajstić information content (AvgIpc) is 3.06. The van der Waals surface area contributed by atoms with E-state index in [1.54, 1.807) is 16.7 Å². The summed E-state index contributed by atoms with van der Waals surface area (Å²) in [5.74, 6) is 0.408. The fraction of sp³-hybridized carbons (Fsp3) is 0.400. The monoisotopic (exact) mass is 406 g/mol. The normalized spacial score (nSPS) is 15.3. The van der Waals surface area contributed by atoms with Crippen molar-refractivity contribution in [2.24, 2.45) is 0 Å². The van der Waals surface area contributed by atoms with Gasteiger partial charge in [-0.25, -0.2) is 9.97 Å². The van der Waals surface area contributed by atoms with Crippen LogP contribution in [-0.2, 0) is 23.9 Å². The first kappa shape index (κ1) is 19.7. The van der Waals surface area contributed by atoms with Crippen LogP contribution in [0.25, 0.3) is 5.78 Å². The third-order valence-corrected chi connectivity index (χ3v) is 5.28. The van der Waals surface area contributed by atoms with Crippen LogP contribution in [-0.4, -0.2) is 45.8 Å². The van der Waals surface area contributed by atoms with Gasteiger partial charge in [-0.05, 0) is 24.1 Å². The fourth-order valence-corrected chi connectivity index (χ4v) is 3.68. The molecule has 0 bridgehead atoms. The van der Waals surface area contributed by atoms with Crippen molar-refractivity contribution < 1.29 is 23.0 Å².